The normalized spacial score (nSPS) is 11.6. The molecule has 0 unspecified atom stereocenters. The van der Waals surface area contributed by atoms with Crippen LogP contribution in [-0.2, 0) is 12.8 Å². The number of amides is 1. The van der Waals surface area contributed by atoms with Crippen LogP contribution in [0, 0.1) is 0 Å². The summed E-state index contributed by atoms with van der Waals surface area (Å²) in [6, 6.07) is 23.2. The van der Waals surface area contributed by atoms with Crippen LogP contribution >= 0.6 is 11.3 Å². The zero-order valence-electron chi connectivity index (χ0n) is 23.5. The van der Waals surface area contributed by atoms with Crippen molar-refractivity contribution in [1.29, 1.82) is 0 Å². The van der Waals surface area contributed by atoms with Gasteiger partial charge < -0.3 is 24.3 Å². The number of thiophene rings is 1. The molecule has 0 spiro atoms. The Morgan fingerprint density at radius 1 is 0.829 bits per heavy atom. The molecule has 7 nitrogen and oxygen atoms in total. The molecular formula is C33H32N2O5S. The van der Waals surface area contributed by atoms with Gasteiger partial charge >= 0.3 is 0 Å². The van der Waals surface area contributed by atoms with E-state index >= 15 is 0 Å². The van der Waals surface area contributed by atoms with Crippen LogP contribution < -0.4 is 24.3 Å². The lowest BCUT2D eigenvalue weighted by Crippen LogP contribution is -2.38. The number of pyridine rings is 1. The third-order valence-electron chi connectivity index (χ3n) is 6.94. The summed E-state index contributed by atoms with van der Waals surface area (Å²) in [7, 11) is 6.31. The average Bonchev–Trinajstić information content (AvgIpc) is 3.52. The highest BCUT2D eigenvalue weighted by Gasteiger charge is 2.21. The number of ether oxygens (including phenoxy) is 4. The van der Waals surface area contributed by atoms with E-state index in [-0.39, 0.29) is 11.9 Å². The van der Waals surface area contributed by atoms with Gasteiger partial charge in [0.15, 0.2) is 11.5 Å². The van der Waals surface area contributed by atoms with E-state index in [1.54, 1.807) is 39.8 Å². The predicted octanol–water partition coefficient (Wildman–Crippen LogP) is 6.58. The van der Waals surface area contributed by atoms with E-state index < -0.39 is 0 Å². The molecule has 1 atom stereocenters. The van der Waals surface area contributed by atoms with Gasteiger partial charge in [0.1, 0.15) is 5.75 Å². The third-order valence-corrected chi connectivity index (χ3v) is 7.68. The maximum Gasteiger partial charge on any atom is 0.252 e. The number of carbonyl (C=O) groups is 1. The predicted molar refractivity (Wildman–Crippen MR) is 163 cm³/mol. The van der Waals surface area contributed by atoms with Crippen molar-refractivity contribution in [2.24, 2.45) is 0 Å². The molecule has 1 N–H and O–H groups in total. The summed E-state index contributed by atoms with van der Waals surface area (Å²) >= 11 is 1.65. The molecule has 5 aromatic rings. The first kappa shape index (κ1) is 28.0. The van der Waals surface area contributed by atoms with E-state index in [9.17, 15) is 4.79 Å². The summed E-state index contributed by atoms with van der Waals surface area (Å²) < 4.78 is 22.1. The molecule has 5 rings (SSSR count). The second kappa shape index (κ2) is 12.7. The Labute approximate surface area is 243 Å². The lowest BCUT2D eigenvalue weighted by Gasteiger charge is -2.20. The number of aromatic nitrogens is 1. The molecule has 1 amide bonds. The molecule has 8 heteroatoms. The van der Waals surface area contributed by atoms with Crippen LogP contribution in [0.25, 0.3) is 22.2 Å². The quantitative estimate of drug-likeness (QED) is 0.194. The first-order valence-electron chi connectivity index (χ1n) is 13.2. The average molecular weight is 569 g/mol. The van der Waals surface area contributed by atoms with Crippen molar-refractivity contribution in [3.05, 3.63) is 100 Å². The molecule has 0 fully saturated rings. The lowest BCUT2D eigenvalue weighted by molar-refractivity contribution is 0.0938. The van der Waals surface area contributed by atoms with Gasteiger partial charge in [0.2, 0.25) is 5.75 Å². The minimum Gasteiger partial charge on any atom is -0.497 e. The van der Waals surface area contributed by atoms with Crippen LogP contribution in [-0.4, -0.2) is 45.4 Å². The lowest BCUT2D eigenvalue weighted by atomic mass is 9.98. The van der Waals surface area contributed by atoms with Gasteiger partial charge in [-0.2, -0.15) is 11.3 Å². The Hall–Kier alpha value is -4.56. The third kappa shape index (κ3) is 6.28. The van der Waals surface area contributed by atoms with Gasteiger partial charge in [-0.1, -0.05) is 30.3 Å². The molecule has 41 heavy (non-hydrogen) atoms. The number of fused-ring (bicyclic) bond motifs is 1. The standard InChI is InChI=1S/C33H32N2O5S/c1-37-25-10-11-28-26(18-25)27(19-29(35-28)23-16-30(38-2)32(40-4)31(17-23)39-3)33(36)34-24(15-22-12-13-41-20-22)14-21-8-6-5-7-9-21/h5-13,16-20,24H,14-15H2,1-4H3,(H,34,36)/t24-/m0/s1. The summed E-state index contributed by atoms with van der Waals surface area (Å²) in [6.07, 6.45) is 1.42. The van der Waals surface area contributed by atoms with Crippen molar-refractivity contribution < 1.29 is 23.7 Å². The van der Waals surface area contributed by atoms with Crippen molar-refractivity contribution in [1.82, 2.24) is 10.3 Å². The Balaban J connectivity index is 1.58. The molecule has 210 valence electrons. The highest BCUT2D eigenvalue weighted by molar-refractivity contribution is 7.07. The van der Waals surface area contributed by atoms with Crippen LogP contribution in [0.1, 0.15) is 21.5 Å². The monoisotopic (exact) mass is 568 g/mol. The van der Waals surface area contributed by atoms with Crippen LogP contribution in [0.15, 0.2) is 83.6 Å². The van der Waals surface area contributed by atoms with Gasteiger partial charge in [-0.05, 0) is 77.2 Å². The first-order chi connectivity index (χ1) is 20.0. The van der Waals surface area contributed by atoms with Crippen molar-refractivity contribution in [2.45, 2.75) is 18.9 Å². The van der Waals surface area contributed by atoms with Gasteiger partial charge in [-0.3, -0.25) is 4.79 Å². The van der Waals surface area contributed by atoms with E-state index in [0.29, 0.717) is 51.6 Å². The zero-order chi connectivity index (χ0) is 28.8. The number of carbonyl (C=O) groups excluding carboxylic acids is 1. The van der Waals surface area contributed by atoms with E-state index in [4.69, 9.17) is 23.9 Å². The molecule has 0 saturated heterocycles. The fourth-order valence-electron chi connectivity index (χ4n) is 4.93. The second-order valence-electron chi connectivity index (χ2n) is 9.55. The van der Waals surface area contributed by atoms with Gasteiger partial charge in [0.05, 0.1) is 45.2 Å². The fourth-order valence-corrected chi connectivity index (χ4v) is 5.61. The number of rotatable bonds is 11. The fraction of sp³-hybridized carbons (Fsp3) is 0.212. The summed E-state index contributed by atoms with van der Waals surface area (Å²) in [4.78, 5) is 19.0. The molecule has 2 aromatic heterocycles. The minimum atomic E-state index is -0.185. The van der Waals surface area contributed by atoms with Crippen LogP contribution in [0.3, 0.4) is 0 Å². The largest absolute Gasteiger partial charge is 0.497 e. The number of nitrogens with one attached hydrogen (secondary N) is 1. The minimum absolute atomic E-state index is 0.113. The van der Waals surface area contributed by atoms with Gasteiger partial charge in [-0.25, -0.2) is 4.98 Å². The molecule has 0 bridgehead atoms. The Kier molecular flexibility index (Phi) is 8.70. The maximum absolute atomic E-state index is 14.1. The number of hydrogen-bond donors (Lipinski definition) is 1. The van der Waals surface area contributed by atoms with Crippen molar-refractivity contribution in [3.8, 4) is 34.3 Å². The summed E-state index contributed by atoms with van der Waals surface area (Å²) in [6.45, 7) is 0. The highest BCUT2D eigenvalue weighted by atomic mass is 32.1. The Morgan fingerprint density at radius 3 is 2.20 bits per heavy atom. The van der Waals surface area contributed by atoms with E-state index in [0.717, 1.165) is 17.5 Å². The topological polar surface area (TPSA) is 78.9 Å². The van der Waals surface area contributed by atoms with Crippen molar-refractivity contribution in [2.75, 3.05) is 28.4 Å². The molecule has 0 aliphatic rings. The smallest absolute Gasteiger partial charge is 0.252 e. The summed E-state index contributed by atoms with van der Waals surface area (Å²) in [5, 5.41) is 8.20. The first-order valence-corrected chi connectivity index (χ1v) is 14.1. The maximum atomic E-state index is 14.1. The number of hydrogen-bond acceptors (Lipinski definition) is 7. The number of methoxy groups -OCH3 is 4. The molecule has 0 aliphatic heterocycles. The van der Waals surface area contributed by atoms with E-state index in [2.05, 4.69) is 34.3 Å². The second-order valence-corrected chi connectivity index (χ2v) is 10.3. The Bertz CT molecular complexity index is 1610. The van der Waals surface area contributed by atoms with E-state index in [1.165, 1.54) is 5.56 Å². The Morgan fingerprint density at radius 2 is 1.56 bits per heavy atom. The molecule has 3 aromatic carbocycles. The van der Waals surface area contributed by atoms with Gasteiger partial charge in [0.25, 0.3) is 5.91 Å². The van der Waals surface area contributed by atoms with Gasteiger partial charge in [-0.15, -0.1) is 0 Å². The van der Waals surface area contributed by atoms with Crippen LogP contribution in [0.5, 0.6) is 23.0 Å². The van der Waals surface area contributed by atoms with Crippen LogP contribution in [0.2, 0.25) is 0 Å². The van der Waals surface area contributed by atoms with Crippen LogP contribution in [0.4, 0.5) is 0 Å². The molecule has 0 saturated carbocycles. The van der Waals surface area contributed by atoms with Crippen molar-refractivity contribution >= 4 is 28.1 Å². The summed E-state index contributed by atoms with van der Waals surface area (Å²) in [5.41, 5.74) is 4.85. The molecule has 0 aliphatic carbocycles. The van der Waals surface area contributed by atoms with Gasteiger partial charge in [0, 0.05) is 17.0 Å². The molecule has 0 radical (unpaired) electrons. The number of nitrogens with zero attached hydrogens (tertiary/aromatic N) is 1. The number of benzene rings is 3. The highest BCUT2D eigenvalue weighted by Crippen LogP contribution is 2.41. The van der Waals surface area contributed by atoms with E-state index in [1.807, 2.05) is 54.6 Å². The van der Waals surface area contributed by atoms with Crippen molar-refractivity contribution in [3.63, 3.8) is 0 Å². The molecule has 2 heterocycles. The zero-order valence-corrected chi connectivity index (χ0v) is 24.3. The SMILES string of the molecule is COc1ccc2nc(-c3cc(OC)c(OC)c(OC)c3)cc(C(=O)N[C@@H](Cc3ccccc3)Cc3ccsc3)c2c1. The summed E-state index contributed by atoms with van der Waals surface area (Å²) in [5.74, 6) is 1.95. The molecular weight excluding hydrogens is 536 g/mol.